The average molecular weight is 1670 g/mol. The molecule has 10 nitrogen and oxygen atoms in total. The number of benzene rings is 14. The summed E-state index contributed by atoms with van der Waals surface area (Å²) in [5.74, 6) is -22.8. The van der Waals surface area contributed by atoms with Gasteiger partial charge >= 0.3 is 12.4 Å². The van der Waals surface area contributed by atoms with Crippen LogP contribution in [0.5, 0.6) is 0 Å². The molecule has 0 amide bonds. The van der Waals surface area contributed by atoms with Crippen molar-refractivity contribution >= 4 is 131 Å². The second-order valence-electron chi connectivity index (χ2n) is 28.5. The highest BCUT2D eigenvalue weighted by Crippen LogP contribution is 2.54. The van der Waals surface area contributed by atoms with Crippen LogP contribution in [0.3, 0.4) is 0 Å². The molecular weight excluding hydrogens is 1610 g/mol. The summed E-state index contributed by atoms with van der Waals surface area (Å²) in [4.78, 5) is 17.2. The third-order valence-corrected chi connectivity index (χ3v) is 22.1. The predicted molar refractivity (Wildman–Crippen MR) is 447 cm³/mol. The first-order valence-electron chi connectivity index (χ1n) is 36.9. The fraction of sp³-hybridized carbons (Fsp3) is 0.0515. The largest absolute Gasteiger partial charge is 0.456 e. The smallest absolute Gasteiger partial charge is 0.420 e. The molecule has 0 aliphatic rings. The van der Waals surface area contributed by atoms with Gasteiger partial charge in [0.05, 0.1) is 88.8 Å². The Labute approximate surface area is 684 Å². The molecule has 8 aromatic heterocycles. The highest BCUT2D eigenvalue weighted by Gasteiger charge is 2.45. The number of fused-ring (bicyclic) bond motifs is 20. The first-order valence-corrected chi connectivity index (χ1v) is 36.9. The van der Waals surface area contributed by atoms with Crippen molar-refractivity contribution in [3.8, 4) is 67.8 Å². The normalized spacial score (nSPS) is 12.0. The molecule has 0 saturated heterocycles. The Bertz CT molecular complexity index is 8110. The third-order valence-electron chi connectivity index (χ3n) is 22.1. The molecule has 0 bridgehead atoms. The van der Waals surface area contributed by atoms with Crippen molar-refractivity contribution < 1.29 is 79.1 Å². The fourth-order valence-corrected chi connectivity index (χ4v) is 17.3. The lowest BCUT2D eigenvalue weighted by Gasteiger charge is -2.25. The van der Waals surface area contributed by atoms with Crippen LogP contribution >= 0.6 is 0 Å². The highest BCUT2D eigenvalue weighted by molar-refractivity contribution is 6.27. The van der Waals surface area contributed by atoms with Crippen molar-refractivity contribution in [2.24, 2.45) is 0 Å². The van der Waals surface area contributed by atoms with E-state index in [0.717, 1.165) is 28.8 Å². The van der Waals surface area contributed by atoms with E-state index in [9.17, 15) is 8.78 Å². The molecule has 22 aromatic rings. The topological polar surface area (TPSA) is 97.6 Å². The molecule has 22 rings (SSSR count). The number of rotatable bonds is 8. The average Bonchev–Trinajstić information content (AvgIpc) is 1.62. The van der Waals surface area contributed by atoms with Crippen molar-refractivity contribution in [1.82, 2.24) is 38.2 Å². The Morgan fingerprint density at radius 3 is 0.959 bits per heavy atom. The van der Waals surface area contributed by atoms with E-state index in [1.165, 1.54) is 50.6 Å². The van der Waals surface area contributed by atoms with Crippen LogP contribution in [0.1, 0.15) is 33.4 Å². The van der Waals surface area contributed by atoms with Crippen molar-refractivity contribution in [3.05, 3.63) is 337 Å². The number of alkyl halides is 6. The van der Waals surface area contributed by atoms with E-state index in [1.807, 2.05) is 0 Å². The molecule has 0 atom stereocenters. The zero-order chi connectivity index (χ0) is 82.4. The molecule has 123 heavy (non-hydrogen) atoms. The quantitative estimate of drug-likeness (QED) is 0.0854. The van der Waals surface area contributed by atoms with Crippen LogP contribution in [0.2, 0.25) is 0 Å². The molecule has 0 unspecified atom stereocenters. The summed E-state index contributed by atoms with van der Waals surface area (Å²) in [5, 5.41) is 6.08. The summed E-state index contributed by atoms with van der Waals surface area (Å²) in [5.41, 5.74) is -6.10. The SMILES string of the molecule is C.C.C.Fc1c(F)c(F)c(-c2ccc(-n3c4ccccc4c4ccc(-c5ncccn5)cc43)c(C(F)(F)F)c2-n2c3ccccc3c3ccc(-c4ncccn4)cc32)c(F)c1F.Fc1c(F)c(F)c(-c2ccc(-n3c4ccccc4c4ccc5oc6ccccc6c5c43)c(C(F)(F)F)c2-n2c3ccccc3c3ccc4oc5ccccc5c4c32)c(F)c1F. The number of aromatic nitrogens is 8. The zero-order valence-electron chi connectivity index (χ0n) is 60.8. The van der Waals surface area contributed by atoms with Gasteiger partial charge in [-0.3, -0.25) is 0 Å². The van der Waals surface area contributed by atoms with Gasteiger partial charge in [-0.1, -0.05) is 156 Å². The molecule has 0 aliphatic carbocycles. The molecule has 0 aliphatic heterocycles. The van der Waals surface area contributed by atoms with E-state index in [2.05, 4.69) is 19.9 Å². The zero-order valence-corrected chi connectivity index (χ0v) is 60.8. The van der Waals surface area contributed by atoms with Gasteiger partial charge in [-0.15, -0.1) is 0 Å². The second-order valence-corrected chi connectivity index (χ2v) is 28.5. The standard InChI is InChI=1S/C49H22F8N2O2.C45H22F8N6.3CH4/c50-41-39(42(51)44(53)45(54)43(41)52)29-17-20-32(58-30-13-5-1-9-23(30)25-18-21-35-37(46(25)58)27-11-3-7-15-33(27)60-35)40(49(55,56)57)48(29)59-31-14-6-2-10-24(31)26-19-22-36-38(47(26)59)28-12-4-8-16-34(28)61-36;46-37-35(38(47)40(49)41(50)39(37)48)29-15-16-32(58-30-9-3-1-7-25(30)27-13-11-23(21-33(27)58)43-54-17-5-18-55-43)36(45(51,52)53)42(29)59-31-10-4-2-8-26(31)28-14-12-24(22-34(28)59)44-56-19-6-20-57-44;;;/h1-22H;1-22H;3*1H4. The lowest BCUT2D eigenvalue weighted by Crippen LogP contribution is -2.17. The Kier molecular flexibility index (Phi) is 18.7. The molecule has 26 heteroatoms. The summed E-state index contributed by atoms with van der Waals surface area (Å²) in [7, 11) is 0. The van der Waals surface area contributed by atoms with Gasteiger partial charge in [-0.2, -0.15) is 26.3 Å². The summed E-state index contributed by atoms with van der Waals surface area (Å²) in [6, 6.07) is 64.4. The van der Waals surface area contributed by atoms with Gasteiger partial charge < -0.3 is 27.1 Å². The summed E-state index contributed by atoms with van der Waals surface area (Å²) in [6.07, 6.45) is -4.67. The van der Waals surface area contributed by atoms with Crippen molar-refractivity contribution in [3.63, 3.8) is 0 Å². The minimum Gasteiger partial charge on any atom is -0.456 e. The van der Waals surface area contributed by atoms with Crippen LogP contribution in [0.25, 0.3) is 199 Å². The lowest BCUT2D eigenvalue weighted by molar-refractivity contribution is -0.138. The Hall–Kier alpha value is -15.1. The molecule has 608 valence electrons. The number of hydrogen-bond donors (Lipinski definition) is 0. The molecule has 0 radical (unpaired) electrons. The number of para-hydroxylation sites is 6. The van der Waals surface area contributed by atoms with Crippen LogP contribution in [0.15, 0.2) is 276 Å². The van der Waals surface area contributed by atoms with Crippen LogP contribution in [-0.2, 0) is 12.4 Å². The van der Waals surface area contributed by atoms with E-state index in [0.29, 0.717) is 120 Å². The first-order chi connectivity index (χ1) is 58.0. The highest BCUT2D eigenvalue weighted by atomic mass is 19.4. The number of halogens is 16. The minimum absolute atomic E-state index is 0. The molecule has 8 heterocycles. The number of furan rings is 2. The van der Waals surface area contributed by atoms with E-state index in [4.69, 9.17) is 8.83 Å². The van der Waals surface area contributed by atoms with Crippen LogP contribution in [0.4, 0.5) is 70.2 Å². The van der Waals surface area contributed by atoms with Crippen LogP contribution < -0.4 is 0 Å². The maximum Gasteiger partial charge on any atom is 0.420 e. The van der Waals surface area contributed by atoms with Gasteiger partial charge in [-0.25, -0.2) is 63.8 Å². The lowest BCUT2D eigenvalue weighted by atomic mass is 9.95. The Balaban J connectivity index is 0.000000164. The molecular formula is C97H56F16N8O2. The Morgan fingerprint density at radius 2 is 0.553 bits per heavy atom. The second kappa shape index (κ2) is 29.1. The maximum atomic E-state index is 16.8. The minimum atomic E-state index is -5.35. The van der Waals surface area contributed by atoms with E-state index in [-0.39, 0.29) is 55.8 Å². The van der Waals surface area contributed by atoms with E-state index < -0.39 is 127 Å². The van der Waals surface area contributed by atoms with Gasteiger partial charge in [0.2, 0.25) is 11.6 Å². The summed E-state index contributed by atoms with van der Waals surface area (Å²) < 4.78 is 271. The van der Waals surface area contributed by atoms with Crippen molar-refractivity contribution in [2.45, 2.75) is 34.6 Å². The molecule has 14 aromatic carbocycles. The van der Waals surface area contributed by atoms with Gasteiger partial charge in [0.1, 0.15) is 33.5 Å². The third kappa shape index (κ3) is 11.7. The number of hydrogen-bond acceptors (Lipinski definition) is 6. The van der Waals surface area contributed by atoms with E-state index >= 15 is 61.5 Å². The number of nitrogens with zero attached hydrogens (tertiary/aromatic N) is 8. The van der Waals surface area contributed by atoms with E-state index in [1.54, 1.807) is 206 Å². The van der Waals surface area contributed by atoms with Crippen LogP contribution in [-0.4, -0.2) is 38.2 Å². The molecule has 0 fully saturated rings. The summed E-state index contributed by atoms with van der Waals surface area (Å²) >= 11 is 0. The predicted octanol–water partition coefficient (Wildman–Crippen LogP) is 29.1. The van der Waals surface area contributed by atoms with Gasteiger partial charge in [0, 0.05) is 101 Å². The monoisotopic (exact) mass is 1670 g/mol. The van der Waals surface area contributed by atoms with Crippen molar-refractivity contribution in [2.75, 3.05) is 0 Å². The maximum absolute atomic E-state index is 16.8. The molecule has 0 N–H and O–H groups in total. The van der Waals surface area contributed by atoms with Crippen molar-refractivity contribution in [1.29, 1.82) is 0 Å². The van der Waals surface area contributed by atoms with Gasteiger partial charge in [-0.05, 0) is 109 Å². The summed E-state index contributed by atoms with van der Waals surface area (Å²) in [6.45, 7) is 0. The fourth-order valence-electron chi connectivity index (χ4n) is 17.3. The Morgan fingerprint density at radius 1 is 0.252 bits per heavy atom. The molecule has 0 saturated carbocycles. The first kappa shape index (κ1) is 79.1. The molecule has 0 spiro atoms. The van der Waals surface area contributed by atoms with Crippen LogP contribution in [0, 0.1) is 58.2 Å². The van der Waals surface area contributed by atoms with Gasteiger partial charge in [0.15, 0.2) is 58.2 Å². The van der Waals surface area contributed by atoms with Gasteiger partial charge in [0.25, 0.3) is 0 Å².